The Kier molecular flexibility index (Phi) is 4.83. The molecule has 2 saturated heterocycles. The van der Waals surface area contributed by atoms with Gasteiger partial charge in [-0.15, -0.1) is 0 Å². The Balaban J connectivity index is 1.58. The summed E-state index contributed by atoms with van der Waals surface area (Å²) in [5, 5.41) is 0. The summed E-state index contributed by atoms with van der Waals surface area (Å²) in [5.74, 6) is 0.789. The number of fused-ring (bicyclic) bond motifs is 1. The largest absolute Gasteiger partial charge is 0.298 e. The van der Waals surface area contributed by atoms with Crippen molar-refractivity contribution in [2.75, 3.05) is 26.2 Å². The van der Waals surface area contributed by atoms with Gasteiger partial charge in [0.05, 0.1) is 0 Å². The highest BCUT2D eigenvalue weighted by Crippen LogP contribution is 2.29. The summed E-state index contributed by atoms with van der Waals surface area (Å²) >= 11 is 0. The van der Waals surface area contributed by atoms with Crippen LogP contribution in [0.5, 0.6) is 0 Å². The highest BCUT2D eigenvalue weighted by atomic mass is 15.3. The van der Waals surface area contributed by atoms with E-state index in [1.165, 1.54) is 71.1 Å². The van der Waals surface area contributed by atoms with E-state index in [9.17, 15) is 0 Å². The van der Waals surface area contributed by atoms with Gasteiger partial charge in [-0.25, -0.2) is 0 Å². The highest BCUT2D eigenvalue weighted by molar-refractivity contribution is 5.06. The van der Waals surface area contributed by atoms with Gasteiger partial charge in [0, 0.05) is 31.7 Å². The lowest BCUT2D eigenvalue weighted by Crippen LogP contribution is -2.57. The summed E-state index contributed by atoms with van der Waals surface area (Å²) in [6.45, 7) is 10.1. The third kappa shape index (κ3) is 3.28. The maximum absolute atomic E-state index is 2.83. The molecule has 2 heteroatoms. The van der Waals surface area contributed by atoms with Crippen LogP contribution in [0.15, 0.2) is 11.6 Å². The van der Waals surface area contributed by atoms with Crippen molar-refractivity contribution in [1.29, 1.82) is 0 Å². The number of hydrogen-bond donors (Lipinski definition) is 0. The molecular weight excluding hydrogens is 244 g/mol. The summed E-state index contributed by atoms with van der Waals surface area (Å²) < 4.78 is 0. The van der Waals surface area contributed by atoms with Gasteiger partial charge in [0.2, 0.25) is 0 Å². The zero-order valence-corrected chi connectivity index (χ0v) is 13.5. The van der Waals surface area contributed by atoms with Crippen LogP contribution in [0.1, 0.15) is 58.8 Å². The van der Waals surface area contributed by atoms with E-state index in [0.29, 0.717) is 0 Å². The molecule has 3 aliphatic rings. The van der Waals surface area contributed by atoms with Crippen LogP contribution < -0.4 is 0 Å². The lowest BCUT2D eigenvalue weighted by molar-refractivity contribution is 0.0300. The Labute approximate surface area is 125 Å². The molecule has 114 valence electrons. The molecule has 2 fully saturated rings. The van der Waals surface area contributed by atoms with E-state index in [-0.39, 0.29) is 0 Å². The van der Waals surface area contributed by atoms with Gasteiger partial charge in [-0.3, -0.25) is 9.80 Å². The minimum atomic E-state index is 0.786. The Bertz CT molecular complexity index is 347. The van der Waals surface area contributed by atoms with E-state index in [2.05, 4.69) is 29.7 Å². The molecule has 3 rings (SSSR count). The lowest BCUT2D eigenvalue weighted by Gasteiger charge is -2.45. The van der Waals surface area contributed by atoms with E-state index in [1.807, 2.05) is 0 Å². The molecule has 0 radical (unpaired) electrons. The minimum Gasteiger partial charge on any atom is -0.298 e. The number of hydrogen-bond acceptors (Lipinski definition) is 2. The molecule has 2 atom stereocenters. The van der Waals surface area contributed by atoms with Crippen LogP contribution in [-0.4, -0.2) is 48.1 Å². The van der Waals surface area contributed by atoms with Crippen LogP contribution in [0.3, 0.4) is 0 Å². The van der Waals surface area contributed by atoms with Crippen molar-refractivity contribution in [2.24, 2.45) is 5.92 Å². The molecule has 0 bridgehead atoms. The van der Waals surface area contributed by atoms with Crippen molar-refractivity contribution in [1.82, 2.24) is 9.80 Å². The number of piperazine rings is 1. The van der Waals surface area contributed by atoms with E-state index >= 15 is 0 Å². The summed E-state index contributed by atoms with van der Waals surface area (Å²) in [7, 11) is 0. The molecule has 0 spiro atoms. The van der Waals surface area contributed by atoms with Gasteiger partial charge in [-0.1, -0.05) is 25.5 Å². The first-order valence-electron chi connectivity index (χ1n) is 8.90. The monoisotopic (exact) mass is 276 g/mol. The van der Waals surface area contributed by atoms with Crippen molar-refractivity contribution < 1.29 is 0 Å². The van der Waals surface area contributed by atoms with Crippen molar-refractivity contribution in [2.45, 2.75) is 70.9 Å². The van der Waals surface area contributed by atoms with Crippen LogP contribution in [-0.2, 0) is 0 Å². The molecule has 2 nitrogen and oxygen atoms in total. The fourth-order valence-electron chi connectivity index (χ4n) is 4.41. The normalized spacial score (nSPS) is 32.5. The molecule has 0 aromatic carbocycles. The second-order valence-electron chi connectivity index (χ2n) is 7.46. The van der Waals surface area contributed by atoms with Crippen molar-refractivity contribution >= 4 is 0 Å². The molecule has 2 unspecified atom stereocenters. The van der Waals surface area contributed by atoms with E-state index in [1.54, 1.807) is 5.57 Å². The van der Waals surface area contributed by atoms with Crippen molar-refractivity contribution in [3.8, 4) is 0 Å². The molecule has 0 saturated carbocycles. The molecule has 0 amide bonds. The van der Waals surface area contributed by atoms with Crippen molar-refractivity contribution in [3.63, 3.8) is 0 Å². The first kappa shape index (κ1) is 14.6. The Hall–Kier alpha value is -0.340. The quantitative estimate of drug-likeness (QED) is 0.723. The maximum atomic E-state index is 2.83. The van der Waals surface area contributed by atoms with Gasteiger partial charge in [0.1, 0.15) is 0 Å². The minimum absolute atomic E-state index is 0.786. The summed E-state index contributed by atoms with van der Waals surface area (Å²) in [6, 6.07) is 1.65. The fraction of sp³-hybridized carbons (Fsp3) is 0.889. The third-order valence-corrected chi connectivity index (χ3v) is 5.71. The lowest BCUT2D eigenvalue weighted by atomic mass is 9.94. The number of allylic oxidation sites excluding steroid dienone is 1. The highest BCUT2D eigenvalue weighted by Gasteiger charge is 2.37. The van der Waals surface area contributed by atoms with E-state index < -0.39 is 0 Å². The zero-order valence-electron chi connectivity index (χ0n) is 13.5. The molecule has 2 heterocycles. The average Bonchev–Trinajstić information content (AvgIpc) is 2.92. The average molecular weight is 276 g/mol. The third-order valence-electron chi connectivity index (χ3n) is 5.71. The Morgan fingerprint density at radius 3 is 2.85 bits per heavy atom. The van der Waals surface area contributed by atoms with Crippen LogP contribution in [0.4, 0.5) is 0 Å². The second kappa shape index (κ2) is 6.62. The summed E-state index contributed by atoms with van der Waals surface area (Å²) in [6.07, 6.45) is 12.3. The zero-order chi connectivity index (χ0) is 13.9. The Morgan fingerprint density at radius 2 is 2.10 bits per heavy atom. The number of nitrogens with zero attached hydrogens (tertiary/aromatic N) is 2. The fourth-order valence-corrected chi connectivity index (χ4v) is 4.41. The molecule has 0 N–H and O–H groups in total. The smallest absolute Gasteiger partial charge is 0.0247 e. The maximum Gasteiger partial charge on any atom is 0.0247 e. The van der Waals surface area contributed by atoms with E-state index in [4.69, 9.17) is 0 Å². The standard InChI is InChI=1S/C18H32N2/c1-15(2)18-14-19-11-6-9-17(19)13-20(18)12-10-16-7-4-3-5-8-16/h7,15,17-18H,3-6,8-14H2,1-2H3. The first-order chi connectivity index (χ1) is 9.74. The topological polar surface area (TPSA) is 6.48 Å². The van der Waals surface area contributed by atoms with Crippen molar-refractivity contribution in [3.05, 3.63) is 11.6 Å². The van der Waals surface area contributed by atoms with Gasteiger partial charge in [-0.05, 0) is 57.4 Å². The number of rotatable bonds is 4. The van der Waals surface area contributed by atoms with Crippen LogP contribution >= 0.6 is 0 Å². The molecular formula is C18H32N2. The van der Waals surface area contributed by atoms with Crippen LogP contribution in [0, 0.1) is 5.92 Å². The molecule has 1 aliphatic carbocycles. The molecule has 2 aliphatic heterocycles. The predicted octanol–water partition coefficient (Wildman–Crippen LogP) is 3.68. The summed E-state index contributed by atoms with van der Waals surface area (Å²) in [5.41, 5.74) is 1.74. The van der Waals surface area contributed by atoms with E-state index in [0.717, 1.165) is 18.0 Å². The van der Waals surface area contributed by atoms with Gasteiger partial charge >= 0.3 is 0 Å². The molecule has 0 aromatic heterocycles. The second-order valence-corrected chi connectivity index (χ2v) is 7.46. The Morgan fingerprint density at radius 1 is 1.20 bits per heavy atom. The van der Waals surface area contributed by atoms with Gasteiger partial charge in [0.25, 0.3) is 0 Å². The van der Waals surface area contributed by atoms with Crippen LogP contribution in [0.2, 0.25) is 0 Å². The summed E-state index contributed by atoms with van der Waals surface area (Å²) in [4.78, 5) is 5.59. The predicted molar refractivity (Wildman–Crippen MR) is 86.0 cm³/mol. The van der Waals surface area contributed by atoms with Gasteiger partial charge < -0.3 is 0 Å². The van der Waals surface area contributed by atoms with Gasteiger partial charge in [-0.2, -0.15) is 0 Å². The molecule has 20 heavy (non-hydrogen) atoms. The van der Waals surface area contributed by atoms with Crippen LogP contribution in [0.25, 0.3) is 0 Å². The first-order valence-corrected chi connectivity index (χ1v) is 8.90. The SMILES string of the molecule is CC(C)C1CN2CCCC2CN1CCC1=CCCCC1. The van der Waals surface area contributed by atoms with Gasteiger partial charge in [0.15, 0.2) is 0 Å². The molecule has 0 aromatic rings.